The standard InChI is InChI=1S/C18H29N3O2/c1-4-22-16-9-11-21(12-10-16)18(19-3)20-14-15-7-6-8-17(13-15)23-5-2/h6-8,13,16H,4-5,9-12,14H2,1-3H3,(H,19,20). The van der Waals surface area contributed by atoms with Gasteiger partial charge in [-0.1, -0.05) is 12.1 Å². The van der Waals surface area contributed by atoms with Crippen LogP contribution in [0.3, 0.4) is 0 Å². The minimum atomic E-state index is 0.400. The molecule has 5 nitrogen and oxygen atoms in total. The molecule has 2 rings (SSSR count). The Morgan fingerprint density at radius 3 is 2.70 bits per heavy atom. The van der Waals surface area contributed by atoms with Gasteiger partial charge in [-0.2, -0.15) is 0 Å². The van der Waals surface area contributed by atoms with E-state index in [0.717, 1.165) is 50.8 Å². The molecular formula is C18H29N3O2. The first kappa shape index (κ1) is 17.6. The molecule has 1 aliphatic heterocycles. The number of guanidine groups is 1. The van der Waals surface area contributed by atoms with Crippen LogP contribution < -0.4 is 10.1 Å². The summed E-state index contributed by atoms with van der Waals surface area (Å²) in [7, 11) is 1.84. The maximum absolute atomic E-state index is 5.71. The molecule has 0 amide bonds. The number of nitrogens with one attached hydrogen (secondary N) is 1. The molecule has 1 aliphatic rings. The highest BCUT2D eigenvalue weighted by molar-refractivity contribution is 5.80. The summed E-state index contributed by atoms with van der Waals surface area (Å²) in [6, 6.07) is 8.19. The van der Waals surface area contributed by atoms with Crippen molar-refractivity contribution in [3.63, 3.8) is 0 Å². The Morgan fingerprint density at radius 2 is 2.04 bits per heavy atom. The van der Waals surface area contributed by atoms with Crippen LogP contribution in [0.25, 0.3) is 0 Å². The number of benzene rings is 1. The molecule has 0 radical (unpaired) electrons. The van der Waals surface area contributed by atoms with Gasteiger partial charge >= 0.3 is 0 Å². The summed E-state index contributed by atoms with van der Waals surface area (Å²) in [6.07, 6.45) is 2.53. The molecule has 128 valence electrons. The van der Waals surface area contributed by atoms with Gasteiger partial charge in [0.2, 0.25) is 0 Å². The lowest BCUT2D eigenvalue weighted by atomic mass is 10.1. The molecular weight excluding hydrogens is 290 g/mol. The zero-order chi connectivity index (χ0) is 16.5. The van der Waals surface area contributed by atoms with Crippen molar-refractivity contribution in [2.45, 2.75) is 39.3 Å². The number of hydrogen-bond donors (Lipinski definition) is 1. The molecule has 1 saturated heterocycles. The van der Waals surface area contributed by atoms with E-state index in [1.54, 1.807) is 0 Å². The molecule has 0 aliphatic carbocycles. The highest BCUT2D eigenvalue weighted by Crippen LogP contribution is 2.15. The Morgan fingerprint density at radius 1 is 1.26 bits per heavy atom. The second kappa shape index (κ2) is 9.40. The minimum absolute atomic E-state index is 0.400. The fraction of sp³-hybridized carbons (Fsp3) is 0.611. The third kappa shape index (κ3) is 5.43. The summed E-state index contributed by atoms with van der Waals surface area (Å²) in [6.45, 7) is 8.27. The quantitative estimate of drug-likeness (QED) is 0.647. The molecule has 0 atom stereocenters. The van der Waals surface area contributed by atoms with Crippen LogP contribution >= 0.6 is 0 Å². The second-order valence-corrected chi connectivity index (χ2v) is 5.62. The molecule has 23 heavy (non-hydrogen) atoms. The van der Waals surface area contributed by atoms with Crippen molar-refractivity contribution in [3.05, 3.63) is 29.8 Å². The second-order valence-electron chi connectivity index (χ2n) is 5.62. The van der Waals surface area contributed by atoms with Gasteiger partial charge in [-0.3, -0.25) is 4.99 Å². The van der Waals surface area contributed by atoms with E-state index in [1.807, 2.05) is 26.1 Å². The summed E-state index contributed by atoms with van der Waals surface area (Å²) in [4.78, 5) is 6.72. The summed E-state index contributed by atoms with van der Waals surface area (Å²) in [5.74, 6) is 1.88. The SMILES string of the molecule is CCOc1cccc(CNC(=NC)N2CCC(OCC)CC2)c1. The lowest BCUT2D eigenvalue weighted by Crippen LogP contribution is -2.46. The Labute approximate surface area is 139 Å². The molecule has 1 heterocycles. The summed E-state index contributed by atoms with van der Waals surface area (Å²) < 4.78 is 11.3. The van der Waals surface area contributed by atoms with Crippen LogP contribution in [0.5, 0.6) is 5.75 Å². The van der Waals surface area contributed by atoms with E-state index in [9.17, 15) is 0 Å². The molecule has 0 spiro atoms. The van der Waals surface area contributed by atoms with Crippen LogP contribution in [0.1, 0.15) is 32.3 Å². The monoisotopic (exact) mass is 319 g/mol. The number of likely N-dealkylation sites (tertiary alicyclic amines) is 1. The third-order valence-electron chi connectivity index (χ3n) is 4.02. The molecule has 0 unspecified atom stereocenters. The van der Waals surface area contributed by atoms with Gasteiger partial charge in [0.1, 0.15) is 5.75 Å². The van der Waals surface area contributed by atoms with Crippen LogP contribution in [0, 0.1) is 0 Å². The number of nitrogens with zero attached hydrogens (tertiary/aromatic N) is 2. The van der Waals surface area contributed by atoms with Gasteiger partial charge in [0.15, 0.2) is 5.96 Å². The van der Waals surface area contributed by atoms with E-state index in [0.29, 0.717) is 12.7 Å². The number of ether oxygens (including phenoxy) is 2. The topological polar surface area (TPSA) is 46.1 Å². The van der Waals surface area contributed by atoms with E-state index in [1.165, 1.54) is 5.56 Å². The van der Waals surface area contributed by atoms with Crippen LogP contribution in [-0.2, 0) is 11.3 Å². The van der Waals surface area contributed by atoms with Crippen LogP contribution in [-0.4, -0.2) is 50.3 Å². The number of rotatable bonds is 6. The predicted octanol–water partition coefficient (Wildman–Crippen LogP) is 2.66. The molecule has 1 fully saturated rings. The van der Waals surface area contributed by atoms with Crippen molar-refractivity contribution in [2.24, 2.45) is 4.99 Å². The Hall–Kier alpha value is -1.75. The number of hydrogen-bond acceptors (Lipinski definition) is 3. The van der Waals surface area contributed by atoms with Crippen molar-refractivity contribution >= 4 is 5.96 Å². The summed E-state index contributed by atoms with van der Waals surface area (Å²) in [5, 5.41) is 3.45. The van der Waals surface area contributed by atoms with Crippen molar-refractivity contribution in [1.82, 2.24) is 10.2 Å². The number of aliphatic imine (C=N–C) groups is 1. The first-order chi connectivity index (χ1) is 11.3. The largest absolute Gasteiger partial charge is 0.494 e. The van der Waals surface area contributed by atoms with E-state index in [4.69, 9.17) is 9.47 Å². The van der Waals surface area contributed by atoms with Gasteiger partial charge in [0.25, 0.3) is 0 Å². The molecule has 1 aromatic carbocycles. The van der Waals surface area contributed by atoms with Crippen molar-refractivity contribution in [1.29, 1.82) is 0 Å². The van der Waals surface area contributed by atoms with E-state index in [-0.39, 0.29) is 0 Å². The minimum Gasteiger partial charge on any atom is -0.494 e. The molecule has 1 aromatic rings. The maximum Gasteiger partial charge on any atom is 0.193 e. The van der Waals surface area contributed by atoms with Gasteiger partial charge < -0.3 is 19.7 Å². The van der Waals surface area contributed by atoms with Crippen LogP contribution in [0.4, 0.5) is 0 Å². The first-order valence-corrected chi connectivity index (χ1v) is 8.55. The molecule has 0 bridgehead atoms. The van der Waals surface area contributed by atoms with Crippen LogP contribution in [0.2, 0.25) is 0 Å². The average molecular weight is 319 g/mol. The average Bonchev–Trinajstić information content (AvgIpc) is 2.58. The lowest BCUT2D eigenvalue weighted by molar-refractivity contribution is 0.0263. The molecule has 0 aromatic heterocycles. The lowest BCUT2D eigenvalue weighted by Gasteiger charge is -2.34. The first-order valence-electron chi connectivity index (χ1n) is 8.55. The van der Waals surface area contributed by atoms with Crippen molar-refractivity contribution < 1.29 is 9.47 Å². The summed E-state index contributed by atoms with van der Waals surface area (Å²) >= 11 is 0. The molecule has 1 N–H and O–H groups in total. The van der Waals surface area contributed by atoms with Gasteiger partial charge in [-0.05, 0) is 44.4 Å². The van der Waals surface area contributed by atoms with Crippen molar-refractivity contribution in [3.8, 4) is 5.75 Å². The van der Waals surface area contributed by atoms with Crippen molar-refractivity contribution in [2.75, 3.05) is 33.4 Å². The molecule has 5 heteroatoms. The van der Waals surface area contributed by atoms with E-state index in [2.05, 4.69) is 34.3 Å². The molecule has 0 saturated carbocycles. The predicted molar refractivity (Wildman–Crippen MR) is 94.0 cm³/mol. The van der Waals surface area contributed by atoms with Gasteiger partial charge in [-0.25, -0.2) is 0 Å². The Bertz CT molecular complexity index is 497. The third-order valence-corrected chi connectivity index (χ3v) is 4.02. The summed E-state index contributed by atoms with van der Waals surface area (Å²) in [5.41, 5.74) is 1.20. The van der Waals surface area contributed by atoms with Gasteiger partial charge in [-0.15, -0.1) is 0 Å². The van der Waals surface area contributed by atoms with Gasteiger partial charge in [0, 0.05) is 33.3 Å². The zero-order valence-corrected chi connectivity index (χ0v) is 14.5. The van der Waals surface area contributed by atoms with Gasteiger partial charge in [0.05, 0.1) is 12.7 Å². The maximum atomic E-state index is 5.71. The highest BCUT2D eigenvalue weighted by Gasteiger charge is 2.21. The van der Waals surface area contributed by atoms with Crippen LogP contribution in [0.15, 0.2) is 29.3 Å². The fourth-order valence-electron chi connectivity index (χ4n) is 2.90. The zero-order valence-electron chi connectivity index (χ0n) is 14.5. The normalized spacial score (nSPS) is 16.5. The van der Waals surface area contributed by atoms with E-state index < -0.39 is 0 Å². The highest BCUT2D eigenvalue weighted by atomic mass is 16.5. The smallest absolute Gasteiger partial charge is 0.193 e. The number of piperidine rings is 1. The fourth-order valence-corrected chi connectivity index (χ4v) is 2.90. The Kier molecular flexibility index (Phi) is 7.20. The Balaban J connectivity index is 1.85. The van der Waals surface area contributed by atoms with E-state index >= 15 is 0 Å².